The molecule has 1 saturated heterocycles. The van der Waals surface area contributed by atoms with E-state index >= 15 is 0 Å². The predicted molar refractivity (Wildman–Crippen MR) is 80.4 cm³/mol. The van der Waals surface area contributed by atoms with Crippen molar-refractivity contribution in [1.29, 1.82) is 0 Å². The minimum absolute atomic E-state index is 0.376. The molecular weight excluding hydrogens is 304 g/mol. The number of nitrogens with zero attached hydrogens (tertiary/aromatic N) is 1. The quantitative estimate of drug-likeness (QED) is 0.362. The van der Waals surface area contributed by atoms with Crippen molar-refractivity contribution in [3.8, 4) is 0 Å². The van der Waals surface area contributed by atoms with E-state index in [4.69, 9.17) is 0 Å². The smallest absolute Gasteiger partial charge is 0.331 e. The van der Waals surface area contributed by atoms with Crippen LogP contribution in [0.2, 0.25) is 0 Å². The summed E-state index contributed by atoms with van der Waals surface area (Å²) in [7, 11) is 1.16. The number of hydrogen-bond acceptors (Lipinski definition) is 7. The molecule has 8 heteroatoms. The Morgan fingerprint density at radius 2 is 1.70 bits per heavy atom. The van der Waals surface area contributed by atoms with Crippen LogP contribution < -0.4 is 5.32 Å². The topological polar surface area (TPSA) is 102 Å². The van der Waals surface area contributed by atoms with Crippen LogP contribution in [0.4, 0.5) is 0 Å². The Hall–Kier alpha value is -2.22. The number of methoxy groups -OCH3 is 1. The maximum atomic E-state index is 11.5. The van der Waals surface area contributed by atoms with Crippen molar-refractivity contribution in [2.45, 2.75) is 19.3 Å². The summed E-state index contributed by atoms with van der Waals surface area (Å²) in [6.45, 7) is 2.42. The van der Waals surface area contributed by atoms with Crippen molar-refractivity contribution in [2.24, 2.45) is 0 Å². The number of nitrogens with one attached hydrogen (secondary N) is 1. The van der Waals surface area contributed by atoms with Gasteiger partial charge in [-0.2, -0.15) is 0 Å². The average Bonchev–Trinajstić information content (AvgIpc) is 2.58. The molecule has 0 aromatic carbocycles. The molecule has 1 N–H and O–H groups in total. The Kier molecular flexibility index (Phi) is 8.59. The zero-order valence-electron chi connectivity index (χ0n) is 13.2. The van der Waals surface area contributed by atoms with Crippen molar-refractivity contribution < 1.29 is 28.7 Å². The number of rotatable bonds is 8. The highest BCUT2D eigenvalue weighted by molar-refractivity contribution is 6.36. The van der Waals surface area contributed by atoms with E-state index in [0.29, 0.717) is 13.1 Å². The summed E-state index contributed by atoms with van der Waals surface area (Å²) >= 11 is 0. The van der Waals surface area contributed by atoms with Crippen LogP contribution in [0.3, 0.4) is 0 Å². The van der Waals surface area contributed by atoms with Crippen LogP contribution in [0.5, 0.6) is 0 Å². The number of carbonyl (C=O) groups excluding carboxylic acids is 4. The van der Waals surface area contributed by atoms with Crippen molar-refractivity contribution in [3.63, 3.8) is 0 Å². The largest absolute Gasteiger partial charge is 0.466 e. The maximum absolute atomic E-state index is 11.5. The lowest BCUT2D eigenvalue weighted by molar-refractivity contribution is -0.147. The molecule has 0 aromatic rings. The van der Waals surface area contributed by atoms with Gasteiger partial charge in [-0.25, -0.2) is 9.59 Å². The fraction of sp³-hybridized carbons (Fsp3) is 0.600. The third kappa shape index (κ3) is 8.10. The SMILES string of the molecule is COC(=O)/C=C/C(=O)OCC(=O)C(=O)NCCN1CCCCC1. The second kappa shape index (κ2) is 10.5. The average molecular weight is 326 g/mol. The fourth-order valence-corrected chi connectivity index (χ4v) is 2.06. The van der Waals surface area contributed by atoms with E-state index in [-0.39, 0.29) is 0 Å². The molecule has 1 fully saturated rings. The molecule has 0 radical (unpaired) electrons. The molecule has 0 aliphatic carbocycles. The lowest BCUT2D eigenvalue weighted by Gasteiger charge is -2.26. The molecule has 0 bridgehead atoms. The number of esters is 2. The summed E-state index contributed by atoms with van der Waals surface area (Å²) < 4.78 is 8.85. The van der Waals surface area contributed by atoms with Crippen LogP contribution in [0.15, 0.2) is 12.2 Å². The van der Waals surface area contributed by atoms with Gasteiger partial charge in [0.05, 0.1) is 7.11 Å². The van der Waals surface area contributed by atoms with Crippen LogP contribution in [-0.2, 0) is 28.7 Å². The lowest BCUT2D eigenvalue weighted by Crippen LogP contribution is -2.40. The van der Waals surface area contributed by atoms with Gasteiger partial charge in [0.25, 0.3) is 11.7 Å². The van der Waals surface area contributed by atoms with Crippen molar-refractivity contribution in [2.75, 3.05) is 39.9 Å². The number of hydrogen-bond donors (Lipinski definition) is 1. The normalized spacial score (nSPS) is 15.2. The van der Waals surface area contributed by atoms with Crippen molar-refractivity contribution >= 4 is 23.6 Å². The van der Waals surface area contributed by atoms with Crippen LogP contribution in [0.1, 0.15) is 19.3 Å². The molecule has 1 amide bonds. The van der Waals surface area contributed by atoms with E-state index in [2.05, 4.69) is 19.7 Å². The monoisotopic (exact) mass is 326 g/mol. The summed E-state index contributed by atoms with van der Waals surface area (Å²) in [6, 6.07) is 0. The highest BCUT2D eigenvalue weighted by Crippen LogP contribution is 2.07. The van der Waals surface area contributed by atoms with E-state index in [0.717, 1.165) is 45.2 Å². The second-order valence-electron chi connectivity index (χ2n) is 5.05. The van der Waals surface area contributed by atoms with Gasteiger partial charge in [-0.1, -0.05) is 6.42 Å². The van der Waals surface area contributed by atoms with E-state index in [1.54, 1.807) is 0 Å². The van der Waals surface area contributed by atoms with Gasteiger partial charge in [0.15, 0.2) is 6.61 Å². The number of ketones is 1. The van der Waals surface area contributed by atoms with Gasteiger partial charge >= 0.3 is 11.9 Å². The van der Waals surface area contributed by atoms with E-state index in [9.17, 15) is 19.2 Å². The Bertz CT molecular complexity index is 469. The molecule has 1 aliphatic heterocycles. The van der Waals surface area contributed by atoms with Crippen LogP contribution in [0, 0.1) is 0 Å². The Balaban J connectivity index is 2.18. The standard InChI is InChI=1S/C15H22N2O6/c1-22-13(19)5-6-14(20)23-11-12(18)15(21)16-7-10-17-8-3-2-4-9-17/h5-6H,2-4,7-11H2,1H3,(H,16,21)/b6-5+. The fourth-order valence-electron chi connectivity index (χ4n) is 2.06. The first kappa shape index (κ1) is 18.8. The molecule has 0 aromatic heterocycles. The van der Waals surface area contributed by atoms with Gasteiger partial charge in [-0.05, 0) is 25.9 Å². The summed E-state index contributed by atoms with van der Waals surface area (Å²) in [5.74, 6) is -3.25. The zero-order chi connectivity index (χ0) is 17.1. The summed E-state index contributed by atoms with van der Waals surface area (Å²) in [5, 5.41) is 2.50. The molecule has 0 spiro atoms. The highest BCUT2D eigenvalue weighted by atomic mass is 16.5. The lowest BCUT2D eigenvalue weighted by atomic mass is 10.1. The number of ether oxygens (including phenoxy) is 2. The molecular formula is C15H22N2O6. The van der Waals surface area contributed by atoms with Gasteiger partial charge in [-0.15, -0.1) is 0 Å². The third-order valence-corrected chi connectivity index (χ3v) is 3.32. The Morgan fingerprint density at radius 3 is 2.35 bits per heavy atom. The van der Waals surface area contributed by atoms with Gasteiger partial charge in [0.2, 0.25) is 0 Å². The van der Waals surface area contributed by atoms with Crippen molar-refractivity contribution in [1.82, 2.24) is 10.2 Å². The van der Waals surface area contributed by atoms with E-state index < -0.39 is 30.2 Å². The molecule has 0 atom stereocenters. The minimum atomic E-state index is -0.898. The van der Waals surface area contributed by atoms with Crippen LogP contribution in [0.25, 0.3) is 0 Å². The molecule has 128 valence electrons. The van der Waals surface area contributed by atoms with E-state index in [1.165, 1.54) is 6.42 Å². The van der Waals surface area contributed by atoms with E-state index in [1.807, 2.05) is 0 Å². The third-order valence-electron chi connectivity index (χ3n) is 3.32. The Labute approximate surface area is 134 Å². The first-order valence-electron chi connectivity index (χ1n) is 7.49. The molecule has 23 heavy (non-hydrogen) atoms. The highest BCUT2D eigenvalue weighted by Gasteiger charge is 2.16. The summed E-state index contributed by atoms with van der Waals surface area (Å²) in [6.07, 6.45) is 5.24. The molecule has 1 rings (SSSR count). The van der Waals surface area contributed by atoms with Gasteiger partial charge in [-0.3, -0.25) is 9.59 Å². The minimum Gasteiger partial charge on any atom is -0.466 e. The number of Topliss-reactive ketones (excluding diaryl/α,β-unsaturated/α-hetero) is 1. The zero-order valence-corrected chi connectivity index (χ0v) is 13.2. The van der Waals surface area contributed by atoms with Crippen molar-refractivity contribution in [3.05, 3.63) is 12.2 Å². The van der Waals surface area contributed by atoms with Gasteiger partial charge < -0.3 is 19.7 Å². The first-order valence-corrected chi connectivity index (χ1v) is 7.49. The predicted octanol–water partition coefficient (Wildman–Crippen LogP) is -0.570. The first-order chi connectivity index (χ1) is 11.0. The second-order valence-corrected chi connectivity index (χ2v) is 5.05. The van der Waals surface area contributed by atoms with Crippen LogP contribution >= 0.6 is 0 Å². The molecule has 1 aliphatic rings. The maximum Gasteiger partial charge on any atom is 0.331 e. The summed E-state index contributed by atoms with van der Waals surface area (Å²) in [4.78, 5) is 47.2. The summed E-state index contributed by atoms with van der Waals surface area (Å²) in [5.41, 5.74) is 0. The number of piperidine rings is 1. The molecule has 0 saturated carbocycles. The molecule has 8 nitrogen and oxygen atoms in total. The van der Waals surface area contributed by atoms with Gasteiger partial charge in [0, 0.05) is 25.2 Å². The number of likely N-dealkylation sites (tertiary alicyclic amines) is 1. The molecule has 0 unspecified atom stereocenters. The molecule has 1 heterocycles. The van der Waals surface area contributed by atoms with Gasteiger partial charge in [0.1, 0.15) is 0 Å². The number of carbonyl (C=O) groups is 4. The Morgan fingerprint density at radius 1 is 1.04 bits per heavy atom. The van der Waals surface area contributed by atoms with Crippen LogP contribution in [-0.4, -0.2) is 68.4 Å². The number of amides is 1.